The van der Waals surface area contributed by atoms with Crippen LogP contribution >= 0.6 is 22.7 Å². The van der Waals surface area contributed by atoms with Crippen molar-refractivity contribution in [1.82, 2.24) is 5.32 Å². The van der Waals surface area contributed by atoms with E-state index >= 15 is 0 Å². The Morgan fingerprint density at radius 2 is 1.74 bits per heavy atom. The number of Topliss-reactive ketones (excluding diaryl/α,β-unsaturated/α-hetero) is 1. The van der Waals surface area contributed by atoms with Gasteiger partial charge in [-0.05, 0) is 79.4 Å². The SMILES string of the molecule is CC(=O)c1ccc(N(C(=O)Cc2cccs2)[C@H](C(=O)NC2CCCCC2)c2sccc2C)cc1. The summed E-state index contributed by atoms with van der Waals surface area (Å²) in [6, 6.07) is 12.2. The molecule has 1 saturated carbocycles. The molecule has 5 nitrogen and oxygen atoms in total. The molecular weight excluding hydrogens is 464 g/mol. The van der Waals surface area contributed by atoms with Gasteiger partial charge in [0.25, 0.3) is 0 Å². The number of amides is 2. The number of carbonyl (C=O) groups is 3. The minimum atomic E-state index is -0.766. The van der Waals surface area contributed by atoms with Crippen LogP contribution in [0.25, 0.3) is 0 Å². The molecule has 0 radical (unpaired) electrons. The summed E-state index contributed by atoms with van der Waals surface area (Å²) in [6.07, 6.45) is 5.58. The summed E-state index contributed by atoms with van der Waals surface area (Å²) in [5.74, 6) is -0.328. The van der Waals surface area contributed by atoms with Gasteiger partial charge in [0.05, 0.1) is 6.42 Å². The van der Waals surface area contributed by atoms with Crippen molar-refractivity contribution in [3.05, 3.63) is 74.1 Å². The highest BCUT2D eigenvalue weighted by Gasteiger charge is 2.35. The first-order valence-electron chi connectivity index (χ1n) is 11.7. The second-order valence-electron chi connectivity index (χ2n) is 8.84. The van der Waals surface area contributed by atoms with E-state index in [2.05, 4.69) is 5.32 Å². The molecule has 0 bridgehead atoms. The monoisotopic (exact) mass is 494 g/mol. The van der Waals surface area contributed by atoms with E-state index in [0.29, 0.717) is 11.3 Å². The Morgan fingerprint density at radius 1 is 1.00 bits per heavy atom. The number of thiophene rings is 2. The fourth-order valence-corrected chi connectivity index (χ4v) is 6.20. The quantitative estimate of drug-likeness (QED) is 0.386. The predicted molar refractivity (Wildman–Crippen MR) is 139 cm³/mol. The van der Waals surface area contributed by atoms with Gasteiger partial charge in [0, 0.05) is 27.0 Å². The lowest BCUT2D eigenvalue weighted by molar-refractivity contribution is -0.127. The van der Waals surface area contributed by atoms with E-state index in [1.165, 1.54) is 36.0 Å². The van der Waals surface area contributed by atoms with Gasteiger partial charge < -0.3 is 5.32 Å². The molecule has 4 rings (SSSR count). The van der Waals surface area contributed by atoms with Gasteiger partial charge in [0.1, 0.15) is 6.04 Å². The van der Waals surface area contributed by atoms with Crippen molar-refractivity contribution in [2.75, 3.05) is 4.90 Å². The predicted octanol–water partition coefficient (Wildman–Crippen LogP) is 6.09. The molecular formula is C27H30N2O3S2. The third-order valence-corrected chi connectivity index (χ3v) is 8.28. The van der Waals surface area contributed by atoms with Crippen LogP contribution in [0.15, 0.2) is 53.2 Å². The highest BCUT2D eigenvalue weighted by molar-refractivity contribution is 7.10. The lowest BCUT2D eigenvalue weighted by Crippen LogP contribution is -2.47. The summed E-state index contributed by atoms with van der Waals surface area (Å²) in [5.41, 5.74) is 2.18. The minimum absolute atomic E-state index is 0.0382. The number of aryl methyl sites for hydroxylation is 1. The van der Waals surface area contributed by atoms with Crippen LogP contribution in [0.4, 0.5) is 5.69 Å². The molecule has 178 valence electrons. The number of benzene rings is 1. The van der Waals surface area contributed by atoms with Crippen molar-refractivity contribution in [2.45, 2.75) is 64.5 Å². The molecule has 1 aromatic carbocycles. The van der Waals surface area contributed by atoms with Gasteiger partial charge in [-0.1, -0.05) is 25.3 Å². The molecule has 0 aliphatic heterocycles. The zero-order valence-electron chi connectivity index (χ0n) is 19.6. The maximum absolute atomic E-state index is 13.8. The Labute approximate surface area is 208 Å². The van der Waals surface area contributed by atoms with E-state index in [9.17, 15) is 14.4 Å². The average Bonchev–Trinajstić information content (AvgIpc) is 3.49. The van der Waals surface area contributed by atoms with E-state index in [-0.39, 0.29) is 30.1 Å². The zero-order valence-corrected chi connectivity index (χ0v) is 21.2. The van der Waals surface area contributed by atoms with Crippen LogP contribution in [0.2, 0.25) is 0 Å². The van der Waals surface area contributed by atoms with Crippen molar-refractivity contribution in [2.24, 2.45) is 0 Å². The molecule has 1 aliphatic carbocycles. The highest BCUT2D eigenvalue weighted by Crippen LogP contribution is 2.34. The van der Waals surface area contributed by atoms with Crippen molar-refractivity contribution in [1.29, 1.82) is 0 Å². The van der Waals surface area contributed by atoms with Crippen LogP contribution in [0.5, 0.6) is 0 Å². The van der Waals surface area contributed by atoms with E-state index in [1.807, 2.05) is 35.9 Å². The van der Waals surface area contributed by atoms with E-state index in [0.717, 1.165) is 41.0 Å². The van der Waals surface area contributed by atoms with Crippen molar-refractivity contribution >= 4 is 46.0 Å². The summed E-state index contributed by atoms with van der Waals surface area (Å²) in [5, 5.41) is 7.16. The van der Waals surface area contributed by atoms with Gasteiger partial charge in [-0.2, -0.15) is 0 Å². The number of nitrogens with one attached hydrogen (secondary N) is 1. The van der Waals surface area contributed by atoms with Crippen molar-refractivity contribution in [3.63, 3.8) is 0 Å². The summed E-state index contributed by atoms with van der Waals surface area (Å²) in [6.45, 7) is 3.50. The van der Waals surface area contributed by atoms with Crippen LogP contribution in [-0.2, 0) is 16.0 Å². The number of hydrogen-bond donors (Lipinski definition) is 1. The third-order valence-electron chi connectivity index (χ3n) is 6.33. The molecule has 2 aromatic heterocycles. The molecule has 0 spiro atoms. The number of carbonyl (C=O) groups excluding carboxylic acids is 3. The second kappa shape index (κ2) is 11.1. The minimum Gasteiger partial charge on any atom is -0.351 e. The lowest BCUT2D eigenvalue weighted by Gasteiger charge is -2.33. The van der Waals surface area contributed by atoms with E-state index in [1.54, 1.807) is 29.2 Å². The molecule has 1 N–H and O–H groups in total. The molecule has 7 heteroatoms. The summed E-state index contributed by atoms with van der Waals surface area (Å²) in [7, 11) is 0. The molecule has 0 unspecified atom stereocenters. The topological polar surface area (TPSA) is 66.5 Å². The first-order chi connectivity index (χ1) is 16.4. The fraction of sp³-hybridized carbons (Fsp3) is 0.370. The van der Waals surface area contributed by atoms with Crippen LogP contribution in [0.3, 0.4) is 0 Å². The van der Waals surface area contributed by atoms with Crippen molar-refractivity contribution < 1.29 is 14.4 Å². The Balaban J connectivity index is 1.74. The van der Waals surface area contributed by atoms with Gasteiger partial charge in [-0.25, -0.2) is 0 Å². The van der Waals surface area contributed by atoms with Gasteiger partial charge in [0.2, 0.25) is 11.8 Å². The Morgan fingerprint density at radius 3 is 2.32 bits per heavy atom. The molecule has 0 saturated heterocycles. The lowest BCUT2D eigenvalue weighted by atomic mass is 9.95. The number of nitrogens with zero attached hydrogens (tertiary/aromatic N) is 1. The van der Waals surface area contributed by atoms with Crippen molar-refractivity contribution in [3.8, 4) is 0 Å². The number of hydrogen-bond acceptors (Lipinski definition) is 5. The van der Waals surface area contributed by atoms with Gasteiger partial charge in [-0.3, -0.25) is 19.3 Å². The first-order valence-corrected chi connectivity index (χ1v) is 13.5. The third kappa shape index (κ3) is 5.65. The van der Waals surface area contributed by atoms with Gasteiger partial charge in [0.15, 0.2) is 5.78 Å². The summed E-state index contributed by atoms with van der Waals surface area (Å²) >= 11 is 3.03. The molecule has 1 aliphatic rings. The molecule has 2 amide bonds. The van der Waals surface area contributed by atoms with E-state index in [4.69, 9.17) is 0 Å². The largest absolute Gasteiger partial charge is 0.351 e. The maximum atomic E-state index is 13.8. The zero-order chi connectivity index (χ0) is 24.1. The van der Waals surface area contributed by atoms with Crippen LogP contribution in [-0.4, -0.2) is 23.6 Å². The molecule has 1 atom stereocenters. The standard InChI is InChI=1S/C27H30N2O3S2/c1-18-14-16-34-26(18)25(27(32)28-21-7-4-3-5-8-21)29(24(31)17-23-9-6-15-33-23)22-12-10-20(11-13-22)19(2)30/h6,9-16,21,25H,3-5,7-8,17H2,1-2H3,(H,28,32)/t25-/m0/s1. The second-order valence-corrected chi connectivity index (χ2v) is 10.8. The molecule has 2 heterocycles. The smallest absolute Gasteiger partial charge is 0.248 e. The fourth-order valence-electron chi connectivity index (χ4n) is 4.49. The van der Waals surface area contributed by atoms with E-state index < -0.39 is 6.04 Å². The molecule has 34 heavy (non-hydrogen) atoms. The summed E-state index contributed by atoms with van der Waals surface area (Å²) < 4.78 is 0. The van der Waals surface area contributed by atoms with Crippen LogP contribution in [0, 0.1) is 6.92 Å². The summed E-state index contributed by atoms with van der Waals surface area (Å²) in [4.78, 5) is 42.8. The molecule has 3 aromatic rings. The van der Waals surface area contributed by atoms with Gasteiger partial charge in [-0.15, -0.1) is 22.7 Å². The average molecular weight is 495 g/mol. The maximum Gasteiger partial charge on any atom is 0.248 e. The Hall–Kier alpha value is -2.77. The number of rotatable bonds is 8. The Kier molecular flexibility index (Phi) is 7.95. The number of ketones is 1. The van der Waals surface area contributed by atoms with Gasteiger partial charge >= 0.3 is 0 Å². The van der Waals surface area contributed by atoms with Crippen LogP contribution < -0.4 is 10.2 Å². The van der Waals surface area contributed by atoms with Crippen LogP contribution in [0.1, 0.15) is 70.7 Å². The normalized spacial score (nSPS) is 15.0. The first kappa shape index (κ1) is 24.4. The molecule has 1 fully saturated rings. The number of anilines is 1. The highest BCUT2D eigenvalue weighted by atomic mass is 32.1. The Bertz CT molecular complexity index is 1130.